The number of benzene rings is 2. The van der Waals surface area contributed by atoms with Gasteiger partial charge >= 0.3 is 0 Å². The number of hydrogen-bond donors (Lipinski definition) is 1. The number of ether oxygens (including phenoxy) is 2. The molecular weight excluding hydrogens is 302 g/mol. The summed E-state index contributed by atoms with van der Waals surface area (Å²) in [5.41, 5.74) is 6.36. The Bertz CT molecular complexity index is 752. The first-order valence-electron chi connectivity index (χ1n) is 6.79. The molecule has 5 nitrogen and oxygen atoms in total. The van der Waals surface area contributed by atoms with Gasteiger partial charge in [0.2, 0.25) is 0 Å². The van der Waals surface area contributed by atoms with Crippen molar-refractivity contribution in [2.45, 2.75) is 24.8 Å². The molecule has 0 bridgehead atoms. The maximum absolute atomic E-state index is 11.4. The van der Waals surface area contributed by atoms with Crippen molar-refractivity contribution < 1.29 is 17.9 Å². The average molecular weight is 321 g/mol. The largest absolute Gasteiger partial charge is 0.491 e. The van der Waals surface area contributed by atoms with Gasteiger partial charge in [0.25, 0.3) is 0 Å². The van der Waals surface area contributed by atoms with E-state index in [1.165, 1.54) is 12.1 Å². The third-order valence-corrected chi connectivity index (χ3v) is 3.89. The molecule has 0 saturated carbocycles. The van der Waals surface area contributed by atoms with Gasteiger partial charge in [-0.3, -0.25) is 0 Å². The Morgan fingerprint density at radius 3 is 2.09 bits per heavy atom. The van der Waals surface area contributed by atoms with Crippen molar-refractivity contribution in [3.63, 3.8) is 0 Å². The normalized spacial score (nSPS) is 11.5. The molecule has 0 amide bonds. The lowest BCUT2D eigenvalue weighted by Crippen LogP contribution is -2.05. The zero-order valence-corrected chi connectivity index (χ0v) is 13.6. The van der Waals surface area contributed by atoms with Gasteiger partial charge in [-0.05, 0) is 38.1 Å². The van der Waals surface area contributed by atoms with E-state index >= 15 is 0 Å². The molecule has 0 aromatic heterocycles. The summed E-state index contributed by atoms with van der Waals surface area (Å²) in [5.74, 6) is 1.68. The van der Waals surface area contributed by atoms with Crippen LogP contribution in [0.1, 0.15) is 13.8 Å². The lowest BCUT2D eigenvalue weighted by atomic mass is 10.2. The van der Waals surface area contributed by atoms with Crippen LogP contribution in [-0.2, 0) is 9.84 Å². The van der Waals surface area contributed by atoms with E-state index in [1.54, 1.807) is 30.3 Å². The van der Waals surface area contributed by atoms with Crippen molar-refractivity contribution in [1.29, 1.82) is 0 Å². The van der Waals surface area contributed by atoms with Crippen LogP contribution in [0, 0.1) is 0 Å². The Morgan fingerprint density at radius 1 is 0.955 bits per heavy atom. The topological polar surface area (TPSA) is 78.6 Å². The van der Waals surface area contributed by atoms with Crippen LogP contribution in [0.15, 0.2) is 47.4 Å². The first-order chi connectivity index (χ1) is 10.2. The van der Waals surface area contributed by atoms with Crippen molar-refractivity contribution in [3.8, 4) is 17.2 Å². The van der Waals surface area contributed by atoms with Crippen LogP contribution < -0.4 is 15.2 Å². The summed E-state index contributed by atoms with van der Waals surface area (Å²) in [4.78, 5) is 0.247. The molecule has 2 rings (SSSR count). The number of rotatable bonds is 5. The molecule has 118 valence electrons. The second-order valence-electron chi connectivity index (χ2n) is 5.25. The smallest absolute Gasteiger partial charge is 0.175 e. The first-order valence-corrected chi connectivity index (χ1v) is 8.68. The minimum absolute atomic E-state index is 0.0312. The molecule has 2 aromatic rings. The summed E-state index contributed by atoms with van der Waals surface area (Å²) >= 11 is 0. The maximum atomic E-state index is 11.4. The van der Waals surface area contributed by atoms with Crippen LogP contribution in [0.4, 0.5) is 5.69 Å². The molecule has 0 spiro atoms. The van der Waals surface area contributed by atoms with Crippen LogP contribution >= 0.6 is 0 Å². The Balaban J connectivity index is 2.21. The predicted molar refractivity (Wildman–Crippen MR) is 86.2 cm³/mol. The Kier molecular flexibility index (Phi) is 4.61. The first kappa shape index (κ1) is 16.2. The lowest BCUT2D eigenvalue weighted by Gasteiger charge is -2.13. The van der Waals surface area contributed by atoms with Gasteiger partial charge in [0.05, 0.1) is 11.0 Å². The minimum Gasteiger partial charge on any atom is -0.491 e. The molecule has 22 heavy (non-hydrogen) atoms. The lowest BCUT2D eigenvalue weighted by molar-refractivity contribution is 0.242. The molecular formula is C16H19NO4S. The third-order valence-electron chi connectivity index (χ3n) is 2.76. The van der Waals surface area contributed by atoms with E-state index in [-0.39, 0.29) is 11.0 Å². The molecule has 2 N–H and O–H groups in total. The maximum Gasteiger partial charge on any atom is 0.175 e. The van der Waals surface area contributed by atoms with E-state index in [2.05, 4.69) is 0 Å². The third kappa shape index (κ3) is 4.39. The van der Waals surface area contributed by atoms with Gasteiger partial charge in [0.1, 0.15) is 17.2 Å². The quantitative estimate of drug-likeness (QED) is 0.855. The van der Waals surface area contributed by atoms with Gasteiger partial charge < -0.3 is 15.2 Å². The molecule has 0 fully saturated rings. The van der Waals surface area contributed by atoms with Gasteiger partial charge in [-0.25, -0.2) is 8.42 Å². The minimum atomic E-state index is -3.21. The fourth-order valence-electron chi connectivity index (χ4n) is 1.88. The Labute approximate surface area is 130 Å². The average Bonchev–Trinajstić information content (AvgIpc) is 2.36. The van der Waals surface area contributed by atoms with Crippen LogP contribution in [0.25, 0.3) is 0 Å². The number of nitrogens with two attached hydrogens (primary N) is 1. The van der Waals surface area contributed by atoms with Gasteiger partial charge in [-0.2, -0.15) is 0 Å². The van der Waals surface area contributed by atoms with Crippen LogP contribution in [0.5, 0.6) is 17.2 Å². The van der Waals surface area contributed by atoms with Crippen LogP contribution in [0.3, 0.4) is 0 Å². The van der Waals surface area contributed by atoms with Crippen molar-refractivity contribution in [1.82, 2.24) is 0 Å². The van der Waals surface area contributed by atoms with Gasteiger partial charge in [-0.15, -0.1) is 0 Å². The van der Waals surface area contributed by atoms with E-state index in [0.717, 1.165) is 6.26 Å². The van der Waals surface area contributed by atoms with Gasteiger partial charge in [-0.1, -0.05) is 0 Å². The van der Waals surface area contributed by atoms with Crippen LogP contribution in [-0.4, -0.2) is 20.8 Å². The summed E-state index contributed by atoms with van der Waals surface area (Å²) in [6, 6.07) is 11.3. The predicted octanol–water partition coefficient (Wildman–Crippen LogP) is 3.25. The van der Waals surface area contributed by atoms with E-state index < -0.39 is 9.84 Å². The second kappa shape index (κ2) is 6.27. The van der Waals surface area contributed by atoms with E-state index in [4.69, 9.17) is 15.2 Å². The highest BCUT2D eigenvalue weighted by atomic mass is 32.2. The number of nitrogen functional groups attached to an aromatic ring is 1. The summed E-state index contributed by atoms with van der Waals surface area (Å²) < 4.78 is 34.1. The standard InChI is InChI=1S/C16H19NO4S/c1-11(2)20-14-8-12(17)9-15(10-14)21-13-4-6-16(7-5-13)22(3,18)19/h4-11H,17H2,1-3H3. The Hall–Kier alpha value is -2.21. The summed E-state index contributed by atoms with van der Waals surface area (Å²) in [5, 5.41) is 0. The molecule has 0 aliphatic heterocycles. The molecule has 6 heteroatoms. The van der Waals surface area contributed by atoms with Crippen molar-refractivity contribution in [3.05, 3.63) is 42.5 Å². The van der Waals surface area contributed by atoms with E-state index in [0.29, 0.717) is 22.9 Å². The molecule has 0 atom stereocenters. The van der Waals surface area contributed by atoms with Crippen LogP contribution in [0.2, 0.25) is 0 Å². The molecule has 0 unspecified atom stereocenters. The number of anilines is 1. The summed E-state index contributed by atoms with van der Waals surface area (Å²) in [7, 11) is -3.21. The van der Waals surface area contributed by atoms with Crippen molar-refractivity contribution in [2.24, 2.45) is 0 Å². The van der Waals surface area contributed by atoms with E-state index in [9.17, 15) is 8.42 Å². The van der Waals surface area contributed by atoms with Gasteiger partial charge in [0, 0.05) is 30.1 Å². The molecule has 0 aliphatic carbocycles. The molecule has 0 heterocycles. The second-order valence-corrected chi connectivity index (χ2v) is 7.27. The fraction of sp³-hybridized carbons (Fsp3) is 0.250. The summed E-state index contributed by atoms with van der Waals surface area (Å²) in [6.45, 7) is 3.85. The van der Waals surface area contributed by atoms with Crippen molar-refractivity contribution in [2.75, 3.05) is 12.0 Å². The number of sulfone groups is 1. The molecule has 0 saturated heterocycles. The summed E-state index contributed by atoms with van der Waals surface area (Å²) in [6.07, 6.45) is 1.19. The fourth-order valence-corrected chi connectivity index (χ4v) is 2.51. The molecule has 2 aromatic carbocycles. The molecule has 0 aliphatic rings. The monoisotopic (exact) mass is 321 g/mol. The molecule has 0 radical (unpaired) electrons. The van der Waals surface area contributed by atoms with Crippen molar-refractivity contribution >= 4 is 15.5 Å². The highest BCUT2D eigenvalue weighted by Gasteiger charge is 2.08. The van der Waals surface area contributed by atoms with E-state index in [1.807, 2.05) is 13.8 Å². The highest BCUT2D eigenvalue weighted by Crippen LogP contribution is 2.29. The SMILES string of the molecule is CC(C)Oc1cc(N)cc(Oc2ccc(S(C)(=O)=O)cc2)c1. The highest BCUT2D eigenvalue weighted by molar-refractivity contribution is 7.90. The zero-order chi connectivity index (χ0) is 16.3. The number of hydrogen-bond acceptors (Lipinski definition) is 5. The van der Waals surface area contributed by atoms with Gasteiger partial charge in [0.15, 0.2) is 9.84 Å². The Morgan fingerprint density at radius 2 is 1.55 bits per heavy atom. The zero-order valence-electron chi connectivity index (χ0n) is 12.7.